The number of hydrogen-bond acceptors (Lipinski definition) is 7. The van der Waals surface area contributed by atoms with Crippen LogP contribution in [0.4, 0.5) is 5.82 Å². The lowest BCUT2D eigenvalue weighted by molar-refractivity contribution is 0.0279. The molecule has 0 amide bonds. The Morgan fingerprint density at radius 2 is 1.89 bits per heavy atom. The second-order valence-electron chi connectivity index (χ2n) is 10.5. The van der Waals surface area contributed by atoms with Gasteiger partial charge in [-0.1, -0.05) is 18.2 Å². The molecule has 1 atom stereocenters. The number of H-pyrrole nitrogens is 1. The van der Waals surface area contributed by atoms with Crippen LogP contribution >= 0.6 is 0 Å². The number of rotatable bonds is 4. The van der Waals surface area contributed by atoms with E-state index in [-0.39, 0.29) is 5.66 Å². The van der Waals surface area contributed by atoms with Gasteiger partial charge in [-0.15, -0.1) is 0 Å². The molecule has 186 valence electrons. The standard InChI is InChI=1S/C28H33N7O/c29-28-8-2-10-35(28)12-11-33(19-28)18-20-5-6-25-23(17-20)27(34-13-15-36-16-14-34)32-26(31-25)22-3-1-4-24-21(22)7-9-30-24/h1,3-7,9,17,30H,2,8,10-16,18-19,29H2. The SMILES string of the molecule is NC12CCCN1CCN(Cc1ccc3nc(-c4cccc5[nH]ccc45)nc(N4CCOCC4)c3c1)C2. The maximum Gasteiger partial charge on any atom is 0.162 e. The zero-order chi connectivity index (χ0) is 24.1. The van der Waals surface area contributed by atoms with Crippen molar-refractivity contribution < 1.29 is 4.74 Å². The molecule has 0 aliphatic carbocycles. The maximum absolute atomic E-state index is 6.77. The fourth-order valence-electron chi connectivity index (χ4n) is 6.27. The first-order chi connectivity index (χ1) is 17.7. The van der Waals surface area contributed by atoms with Gasteiger partial charge in [0.05, 0.1) is 24.4 Å². The van der Waals surface area contributed by atoms with Gasteiger partial charge in [-0.3, -0.25) is 9.80 Å². The molecule has 3 N–H and O–H groups in total. The lowest BCUT2D eigenvalue weighted by Crippen LogP contribution is -2.64. The van der Waals surface area contributed by atoms with Gasteiger partial charge in [-0.25, -0.2) is 9.97 Å². The molecule has 36 heavy (non-hydrogen) atoms. The molecular weight excluding hydrogens is 450 g/mol. The maximum atomic E-state index is 6.77. The van der Waals surface area contributed by atoms with E-state index in [0.29, 0.717) is 0 Å². The molecule has 0 saturated carbocycles. The summed E-state index contributed by atoms with van der Waals surface area (Å²) in [5.74, 6) is 1.77. The first-order valence-electron chi connectivity index (χ1n) is 13.1. The Hall–Kier alpha value is -3.04. The predicted molar refractivity (Wildman–Crippen MR) is 143 cm³/mol. The number of aromatic nitrogens is 3. The molecule has 5 heterocycles. The minimum absolute atomic E-state index is 0.161. The van der Waals surface area contributed by atoms with Crippen molar-refractivity contribution in [3.05, 3.63) is 54.2 Å². The molecule has 2 aromatic carbocycles. The first-order valence-corrected chi connectivity index (χ1v) is 13.1. The van der Waals surface area contributed by atoms with Gasteiger partial charge in [-0.2, -0.15) is 0 Å². The molecule has 3 aliphatic rings. The van der Waals surface area contributed by atoms with Crippen LogP contribution in [0.2, 0.25) is 0 Å². The minimum Gasteiger partial charge on any atom is -0.378 e. The van der Waals surface area contributed by atoms with Gasteiger partial charge < -0.3 is 20.4 Å². The normalized spacial score (nSPS) is 23.5. The van der Waals surface area contributed by atoms with Crippen LogP contribution in [0.25, 0.3) is 33.2 Å². The number of aromatic amines is 1. The summed E-state index contributed by atoms with van der Waals surface area (Å²) in [6, 6.07) is 15.1. The van der Waals surface area contributed by atoms with Gasteiger partial charge in [0.15, 0.2) is 5.82 Å². The summed E-state index contributed by atoms with van der Waals surface area (Å²) in [4.78, 5) is 20.9. The van der Waals surface area contributed by atoms with Crippen molar-refractivity contribution in [2.75, 3.05) is 57.4 Å². The molecular formula is C28H33N7O. The van der Waals surface area contributed by atoms with E-state index in [1.807, 2.05) is 6.20 Å². The molecule has 0 radical (unpaired) electrons. The first kappa shape index (κ1) is 22.2. The third-order valence-electron chi connectivity index (χ3n) is 8.14. The molecule has 0 bridgehead atoms. The molecule has 1 unspecified atom stereocenters. The summed E-state index contributed by atoms with van der Waals surface area (Å²) in [7, 11) is 0. The van der Waals surface area contributed by atoms with Crippen LogP contribution in [0, 0.1) is 0 Å². The van der Waals surface area contributed by atoms with Crippen molar-refractivity contribution in [1.82, 2.24) is 24.8 Å². The van der Waals surface area contributed by atoms with E-state index < -0.39 is 0 Å². The van der Waals surface area contributed by atoms with Gasteiger partial charge in [0, 0.05) is 73.9 Å². The number of piperazine rings is 1. The van der Waals surface area contributed by atoms with Gasteiger partial charge in [0.2, 0.25) is 0 Å². The van der Waals surface area contributed by atoms with Gasteiger partial charge in [0.1, 0.15) is 5.82 Å². The lowest BCUT2D eigenvalue weighted by Gasteiger charge is -2.44. The quantitative estimate of drug-likeness (QED) is 0.461. The molecule has 3 aliphatic heterocycles. The molecule has 8 nitrogen and oxygen atoms in total. The molecule has 2 aromatic heterocycles. The molecule has 3 saturated heterocycles. The summed E-state index contributed by atoms with van der Waals surface area (Å²) in [5.41, 5.74) is 11.0. The van der Waals surface area contributed by atoms with Crippen LogP contribution < -0.4 is 10.6 Å². The van der Waals surface area contributed by atoms with E-state index in [1.165, 1.54) is 12.0 Å². The summed E-state index contributed by atoms with van der Waals surface area (Å²) < 4.78 is 5.65. The van der Waals surface area contributed by atoms with Crippen molar-refractivity contribution >= 4 is 27.6 Å². The molecule has 0 spiro atoms. The van der Waals surface area contributed by atoms with E-state index in [0.717, 1.165) is 104 Å². The Balaban J connectivity index is 1.27. The molecule has 4 aromatic rings. The average molecular weight is 484 g/mol. The lowest BCUT2D eigenvalue weighted by atomic mass is 10.0. The molecule has 3 fully saturated rings. The predicted octanol–water partition coefficient (Wildman–Crippen LogP) is 3.18. The molecule has 8 heteroatoms. The Kier molecular flexibility index (Phi) is 5.43. The number of ether oxygens (including phenoxy) is 1. The minimum atomic E-state index is -0.161. The zero-order valence-corrected chi connectivity index (χ0v) is 20.6. The third kappa shape index (κ3) is 3.85. The second-order valence-corrected chi connectivity index (χ2v) is 10.5. The van der Waals surface area contributed by atoms with E-state index in [9.17, 15) is 0 Å². The average Bonchev–Trinajstić information content (AvgIpc) is 3.54. The van der Waals surface area contributed by atoms with Crippen LogP contribution in [0.3, 0.4) is 0 Å². The summed E-state index contributed by atoms with van der Waals surface area (Å²) in [5, 5.41) is 2.25. The topological polar surface area (TPSA) is 86.5 Å². The van der Waals surface area contributed by atoms with Crippen LogP contribution in [-0.4, -0.2) is 82.9 Å². The summed E-state index contributed by atoms with van der Waals surface area (Å²) in [6.07, 6.45) is 4.27. The van der Waals surface area contributed by atoms with Crippen LogP contribution in [-0.2, 0) is 11.3 Å². The van der Waals surface area contributed by atoms with E-state index >= 15 is 0 Å². The van der Waals surface area contributed by atoms with E-state index in [1.54, 1.807) is 0 Å². The van der Waals surface area contributed by atoms with Gasteiger partial charge in [-0.05, 0) is 42.7 Å². The molecule has 7 rings (SSSR count). The number of fused-ring (bicyclic) bond motifs is 3. The highest BCUT2D eigenvalue weighted by molar-refractivity contribution is 5.97. The zero-order valence-electron chi connectivity index (χ0n) is 20.6. The number of benzene rings is 2. The van der Waals surface area contributed by atoms with Crippen LogP contribution in [0.1, 0.15) is 18.4 Å². The number of anilines is 1. The van der Waals surface area contributed by atoms with E-state index in [2.05, 4.69) is 62.1 Å². The third-order valence-corrected chi connectivity index (χ3v) is 8.14. The fraction of sp³-hybridized carbons (Fsp3) is 0.429. The van der Waals surface area contributed by atoms with Gasteiger partial charge in [0.25, 0.3) is 0 Å². The highest BCUT2D eigenvalue weighted by atomic mass is 16.5. The summed E-state index contributed by atoms with van der Waals surface area (Å²) in [6.45, 7) is 8.19. The van der Waals surface area contributed by atoms with Crippen molar-refractivity contribution in [3.8, 4) is 11.4 Å². The van der Waals surface area contributed by atoms with Gasteiger partial charge >= 0.3 is 0 Å². The number of nitrogens with one attached hydrogen (secondary N) is 1. The summed E-state index contributed by atoms with van der Waals surface area (Å²) >= 11 is 0. The Labute approximate surface area is 211 Å². The Morgan fingerprint density at radius 3 is 2.81 bits per heavy atom. The van der Waals surface area contributed by atoms with Crippen LogP contribution in [0.15, 0.2) is 48.7 Å². The number of hydrogen-bond donors (Lipinski definition) is 2. The van der Waals surface area contributed by atoms with Crippen molar-refractivity contribution in [2.45, 2.75) is 25.0 Å². The van der Waals surface area contributed by atoms with Crippen molar-refractivity contribution in [2.24, 2.45) is 5.73 Å². The fourth-order valence-corrected chi connectivity index (χ4v) is 6.27. The number of morpholine rings is 1. The van der Waals surface area contributed by atoms with Crippen molar-refractivity contribution in [1.29, 1.82) is 0 Å². The Morgan fingerprint density at radius 1 is 0.972 bits per heavy atom. The largest absolute Gasteiger partial charge is 0.378 e. The Bertz CT molecular complexity index is 1410. The monoisotopic (exact) mass is 483 g/mol. The number of nitrogens with two attached hydrogens (primary N) is 1. The van der Waals surface area contributed by atoms with Crippen molar-refractivity contribution in [3.63, 3.8) is 0 Å². The highest BCUT2D eigenvalue weighted by Gasteiger charge is 2.41. The highest BCUT2D eigenvalue weighted by Crippen LogP contribution is 2.33. The number of nitrogens with zero attached hydrogens (tertiary/aromatic N) is 5. The van der Waals surface area contributed by atoms with Crippen LogP contribution in [0.5, 0.6) is 0 Å². The smallest absolute Gasteiger partial charge is 0.162 e. The van der Waals surface area contributed by atoms with E-state index in [4.69, 9.17) is 20.4 Å². The second kappa shape index (κ2) is 8.81.